The normalized spacial score (nSPS) is 11.6. The van der Waals surface area contributed by atoms with E-state index in [2.05, 4.69) is 5.10 Å². The van der Waals surface area contributed by atoms with Gasteiger partial charge in [0.25, 0.3) is 0 Å². The van der Waals surface area contributed by atoms with Crippen molar-refractivity contribution in [3.8, 4) is 0 Å². The van der Waals surface area contributed by atoms with Crippen molar-refractivity contribution in [3.05, 3.63) is 23.9 Å². The molecule has 0 fully saturated rings. The number of fused-ring (bicyclic) bond motifs is 1. The average Bonchev–Trinajstić information content (AvgIpc) is 2.41. The van der Waals surface area contributed by atoms with Gasteiger partial charge in [0, 0.05) is 12.4 Å². The molecule has 7 heteroatoms. The van der Waals surface area contributed by atoms with Gasteiger partial charge in [-0.1, -0.05) is 12.1 Å². The fourth-order valence-corrected chi connectivity index (χ4v) is 1.66. The van der Waals surface area contributed by atoms with E-state index in [1.165, 1.54) is 6.07 Å². The third-order valence-electron chi connectivity index (χ3n) is 2.44. The third-order valence-corrected chi connectivity index (χ3v) is 2.44. The largest absolute Gasteiger partial charge is 1.00 e. The third kappa shape index (κ3) is 2.53. The van der Waals surface area contributed by atoms with E-state index in [0.29, 0.717) is 11.1 Å². The zero-order valence-electron chi connectivity index (χ0n) is 9.34. The van der Waals surface area contributed by atoms with Crippen LogP contribution in [-0.2, 0) is 7.05 Å². The molecule has 0 aliphatic rings. The summed E-state index contributed by atoms with van der Waals surface area (Å²) in [6.45, 7) is -3.22. The molecule has 0 saturated carbocycles. The van der Waals surface area contributed by atoms with Crippen molar-refractivity contribution in [1.82, 2.24) is 9.78 Å². The molecule has 0 aliphatic heterocycles. The van der Waals surface area contributed by atoms with Gasteiger partial charge < -0.3 is 12.9 Å². The maximum Gasteiger partial charge on any atom is 1.00 e. The van der Waals surface area contributed by atoms with Crippen LogP contribution in [0, 0.1) is 6.92 Å². The van der Waals surface area contributed by atoms with E-state index in [4.69, 9.17) is 0 Å². The molecule has 80 valence electrons. The maximum absolute atomic E-state index is 12.5. The Kier molecular flexibility index (Phi) is 4.29. The predicted molar refractivity (Wildman–Crippen MR) is 54.2 cm³/mol. The molecule has 0 aliphatic carbocycles. The van der Waals surface area contributed by atoms with Crippen LogP contribution < -0.4 is 56.8 Å². The molecule has 2 nitrogen and oxygen atoms in total. The van der Waals surface area contributed by atoms with Gasteiger partial charge in [0.1, 0.15) is 0 Å². The standard InChI is InChI=1S/C9H9BF3N2.K/c1-6-8-5-7(10(11,12)13)3-4-9(8)15(2)14-6;/h3-5H,1-2H3;/q-1;+1. The summed E-state index contributed by atoms with van der Waals surface area (Å²) < 4.78 is 39.0. The molecule has 16 heavy (non-hydrogen) atoms. The molecule has 0 radical (unpaired) electrons. The minimum Gasteiger partial charge on any atom is -0.445 e. The summed E-state index contributed by atoms with van der Waals surface area (Å²) in [7, 11) is 1.72. The predicted octanol–water partition coefficient (Wildman–Crippen LogP) is -1.06. The molecule has 0 atom stereocenters. The molecule has 2 aromatic rings. The summed E-state index contributed by atoms with van der Waals surface area (Å²) in [6, 6.07) is 3.72. The van der Waals surface area contributed by atoms with Gasteiger partial charge in [-0.2, -0.15) is 5.10 Å². The number of aryl methyl sites for hydroxylation is 2. The summed E-state index contributed by atoms with van der Waals surface area (Å²) in [5, 5.41) is 4.63. The second kappa shape index (κ2) is 4.81. The number of rotatable bonds is 1. The SMILES string of the molecule is Cc1nn(C)c2ccc([B-](F)(F)F)cc12.[K+]. The molecular formula is C9H9BF3KN2. The first-order chi connectivity index (χ1) is 6.89. The summed E-state index contributed by atoms with van der Waals surface area (Å²) in [5.41, 5.74) is 0.768. The quantitative estimate of drug-likeness (QED) is 0.592. The number of nitrogens with zero attached hydrogens (tertiary/aromatic N) is 2. The van der Waals surface area contributed by atoms with E-state index in [1.54, 1.807) is 18.7 Å². The summed E-state index contributed by atoms with van der Waals surface area (Å²) in [6.07, 6.45) is 0. The Morgan fingerprint density at radius 1 is 1.25 bits per heavy atom. The minimum absolute atomic E-state index is 0. The molecule has 0 unspecified atom stereocenters. The number of hydrogen-bond acceptors (Lipinski definition) is 1. The van der Waals surface area contributed by atoms with E-state index in [-0.39, 0.29) is 51.4 Å². The van der Waals surface area contributed by atoms with Crippen LogP contribution >= 0.6 is 0 Å². The first-order valence-electron chi connectivity index (χ1n) is 4.53. The zero-order chi connectivity index (χ0) is 11.2. The van der Waals surface area contributed by atoms with Crippen LogP contribution in [0.15, 0.2) is 18.2 Å². The van der Waals surface area contributed by atoms with Crippen molar-refractivity contribution in [2.45, 2.75) is 6.92 Å². The van der Waals surface area contributed by atoms with E-state index in [1.807, 2.05) is 0 Å². The van der Waals surface area contributed by atoms with Crippen LogP contribution in [0.25, 0.3) is 10.9 Å². The van der Waals surface area contributed by atoms with E-state index < -0.39 is 12.4 Å². The minimum atomic E-state index is -4.93. The van der Waals surface area contributed by atoms with Gasteiger partial charge in [0.2, 0.25) is 0 Å². The maximum atomic E-state index is 12.5. The monoisotopic (exact) mass is 252 g/mol. The van der Waals surface area contributed by atoms with Gasteiger partial charge in [-0.15, -0.1) is 5.46 Å². The molecule has 0 spiro atoms. The molecule has 1 aromatic carbocycles. The second-order valence-corrected chi connectivity index (χ2v) is 3.56. The van der Waals surface area contributed by atoms with E-state index in [0.717, 1.165) is 17.6 Å². The van der Waals surface area contributed by atoms with Crippen molar-refractivity contribution >= 4 is 23.3 Å². The van der Waals surface area contributed by atoms with Crippen LogP contribution in [0.2, 0.25) is 0 Å². The van der Waals surface area contributed by atoms with Crippen molar-refractivity contribution in [3.63, 3.8) is 0 Å². The molecule has 2 rings (SSSR count). The molecule has 0 bridgehead atoms. The van der Waals surface area contributed by atoms with Gasteiger partial charge in [0.15, 0.2) is 0 Å². The summed E-state index contributed by atoms with van der Waals surface area (Å²) >= 11 is 0. The number of benzene rings is 1. The Hall–Kier alpha value is 0.181. The molecule has 1 aromatic heterocycles. The Morgan fingerprint density at radius 3 is 2.44 bits per heavy atom. The summed E-state index contributed by atoms with van der Waals surface area (Å²) in [5.74, 6) is 0. The van der Waals surface area contributed by atoms with Crippen LogP contribution in [0.5, 0.6) is 0 Å². The van der Waals surface area contributed by atoms with Crippen LogP contribution in [0.1, 0.15) is 5.69 Å². The molecule has 0 saturated heterocycles. The fraction of sp³-hybridized carbons (Fsp3) is 0.222. The molecule has 0 N–H and O–H groups in total. The molecular weight excluding hydrogens is 243 g/mol. The van der Waals surface area contributed by atoms with Gasteiger partial charge >= 0.3 is 58.4 Å². The Balaban J connectivity index is 0.00000128. The van der Waals surface area contributed by atoms with Gasteiger partial charge in [-0.05, 0) is 13.0 Å². The zero-order valence-corrected chi connectivity index (χ0v) is 12.5. The van der Waals surface area contributed by atoms with Crippen LogP contribution in [0.4, 0.5) is 12.9 Å². The number of halogens is 3. The molecule has 1 heterocycles. The van der Waals surface area contributed by atoms with Crippen molar-refractivity contribution < 1.29 is 64.3 Å². The second-order valence-electron chi connectivity index (χ2n) is 3.56. The van der Waals surface area contributed by atoms with E-state index in [9.17, 15) is 12.9 Å². The first kappa shape index (κ1) is 14.2. The molecule has 0 amide bonds. The Labute approximate surface area is 134 Å². The first-order valence-corrected chi connectivity index (χ1v) is 4.53. The fourth-order valence-electron chi connectivity index (χ4n) is 1.66. The topological polar surface area (TPSA) is 17.8 Å². The van der Waals surface area contributed by atoms with Crippen molar-refractivity contribution in [2.75, 3.05) is 0 Å². The number of hydrogen-bond donors (Lipinski definition) is 0. The van der Waals surface area contributed by atoms with Crippen molar-refractivity contribution in [1.29, 1.82) is 0 Å². The van der Waals surface area contributed by atoms with Gasteiger partial charge in [-0.3, -0.25) is 4.68 Å². The Bertz CT molecular complexity index is 521. The van der Waals surface area contributed by atoms with Gasteiger partial charge in [-0.25, -0.2) is 0 Å². The number of aromatic nitrogens is 2. The van der Waals surface area contributed by atoms with E-state index >= 15 is 0 Å². The smallest absolute Gasteiger partial charge is 0.445 e. The van der Waals surface area contributed by atoms with Crippen molar-refractivity contribution in [2.24, 2.45) is 7.05 Å². The summed E-state index contributed by atoms with van der Waals surface area (Å²) in [4.78, 5) is 0. The Morgan fingerprint density at radius 2 is 1.88 bits per heavy atom. The van der Waals surface area contributed by atoms with Crippen LogP contribution in [-0.4, -0.2) is 16.8 Å². The van der Waals surface area contributed by atoms with Crippen LogP contribution in [0.3, 0.4) is 0 Å². The average molecular weight is 252 g/mol. The van der Waals surface area contributed by atoms with Gasteiger partial charge in [0.05, 0.1) is 11.2 Å².